The SMILES string of the molecule is CCN(CC)CCCOc1cccc(/C=C/c2ccc(CO)c(CO)c2)c1. The molecule has 2 N–H and O–H groups in total. The van der Waals surface area contributed by atoms with Crippen molar-refractivity contribution in [2.24, 2.45) is 0 Å². The van der Waals surface area contributed by atoms with Gasteiger partial charge in [-0.1, -0.05) is 50.3 Å². The summed E-state index contributed by atoms with van der Waals surface area (Å²) in [5.41, 5.74) is 3.56. The van der Waals surface area contributed by atoms with Crippen molar-refractivity contribution in [3.63, 3.8) is 0 Å². The molecule has 0 heterocycles. The Hall–Kier alpha value is -2.14. The molecule has 0 unspecified atom stereocenters. The summed E-state index contributed by atoms with van der Waals surface area (Å²) in [4.78, 5) is 2.39. The van der Waals surface area contributed by atoms with E-state index in [9.17, 15) is 10.2 Å². The Balaban J connectivity index is 1.94. The molecule has 0 bridgehead atoms. The Morgan fingerprint density at radius 2 is 1.59 bits per heavy atom. The Bertz CT molecular complexity index is 723. The molecule has 0 amide bonds. The van der Waals surface area contributed by atoms with Crippen molar-refractivity contribution in [2.75, 3.05) is 26.2 Å². The first-order valence-corrected chi connectivity index (χ1v) is 9.67. The van der Waals surface area contributed by atoms with E-state index < -0.39 is 0 Å². The molecule has 0 aliphatic heterocycles. The maximum absolute atomic E-state index is 9.41. The molecule has 4 nitrogen and oxygen atoms in total. The molecule has 0 saturated carbocycles. The molecule has 4 heteroatoms. The normalized spacial score (nSPS) is 11.4. The molecule has 2 rings (SSSR count). The minimum Gasteiger partial charge on any atom is -0.494 e. The van der Waals surface area contributed by atoms with Gasteiger partial charge in [0.05, 0.1) is 19.8 Å². The van der Waals surface area contributed by atoms with Crippen LogP contribution in [-0.4, -0.2) is 41.4 Å². The zero-order valence-corrected chi connectivity index (χ0v) is 16.4. The van der Waals surface area contributed by atoms with Crippen LogP contribution >= 0.6 is 0 Å². The predicted octanol–water partition coefficient (Wildman–Crippen LogP) is 3.95. The highest BCUT2D eigenvalue weighted by Gasteiger charge is 2.02. The quantitative estimate of drug-likeness (QED) is 0.465. The van der Waals surface area contributed by atoms with Crippen molar-refractivity contribution in [3.8, 4) is 5.75 Å². The average Bonchev–Trinajstić information content (AvgIpc) is 2.72. The maximum Gasteiger partial charge on any atom is 0.119 e. The number of nitrogens with zero attached hydrogens (tertiary/aromatic N) is 1. The average molecular weight is 370 g/mol. The first-order chi connectivity index (χ1) is 13.2. The van der Waals surface area contributed by atoms with Crippen LogP contribution in [0.2, 0.25) is 0 Å². The molecule has 0 aromatic heterocycles. The number of hydrogen-bond donors (Lipinski definition) is 2. The Labute approximate surface area is 162 Å². The number of benzene rings is 2. The first kappa shape index (κ1) is 21.2. The maximum atomic E-state index is 9.41. The number of ether oxygens (including phenoxy) is 1. The van der Waals surface area contributed by atoms with Gasteiger partial charge in [0.25, 0.3) is 0 Å². The zero-order chi connectivity index (χ0) is 19.5. The van der Waals surface area contributed by atoms with Gasteiger partial charge < -0.3 is 19.8 Å². The molecule has 0 saturated heterocycles. The molecule has 146 valence electrons. The van der Waals surface area contributed by atoms with Gasteiger partial charge in [-0.3, -0.25) is 0 Å². The van der Waals surface area contributed by atoms with Crippen LogP contribution in [0.4, 0.5) is 0 Å². The van der Waals surface area contributed by atoms with Crippen molar-refractivity contribution in [2.45, 2.75) is 33.5 Å². The molecular weight excluding hydrogens is 338 g/mol. The smallest absolute Gasteiger partial charge is 0.119 e. The fourth-order valence-corrected chi connectivity index (χ4v) is 2.97. The molecule has 2 aromatic rings. The molecule has 0 aliphatic carbocycles. The summed E-state index contributed by atoms with van der Waals surface area (Å²) >= 11 is 0. The van der Waals surface area contributed by atoms with Crippen molar-refractivity contribution >= 4 is 12.2 Å². The van der Waals surface area contributed by atoms with Crippen molar-refractivity contribution in [3.05, 3.63) is 64.7 Å². The van der Waals surface area contributed by atoms with Crippen LogP contribution in [0.3, 0.4) is 0 Å². The van der Waals surface area contributed by atoms with Gasteiger partial charge in [-0.05, 0) is 60.0 Å². The van der Waals surface area contributed by atoms with E-state index >= 15 is 0 Å². The molecule has 0 aliphatic rings. The minimum atomic E-state index is -0.0750. The van der Waals surface area contributed by atoms with E-state index in [2.05, 4.69) is 18.7 Å². The van der Waals surface area contributed by atoms with E-state index in [4.69, 9.17) is 4.74 Å². The van der Waals surface area contributed by atoms with Gasteiger partial charge in [-0.2, -0.15) is 0 Å². The van der Waals surface area contributed by atoms with Crippen LogP contribution in [0.1, 0.15) is 42.5 Å². The third-order valence-corrected chi connectivity index (χ3v) is 4.68. The van der Waals surface area contributed by atoms with E-state index in [1.807, 2.05) is 54.6 Å². The second-order valence-corrected chi connectivity index (χ2v) is 6.48. The highest BCUT2D eigenvalue weighted by atomic mass is 16.5. The Morgan fingerprint density at radius 3 is 2.26 bits per heavy atom. The van der Waals surface area contributed by atoms with Crippen molar-refractivity contribution in [1.29, 1.82) is 0 Å². The van der Waals surface area contributed by atoms with E-state index in [0.29, 0.717) is 6.61 Å². The third-order valence-electron chi connectivity index (χ3n) is 4.68. The summed E-state index contributed by atoms with van der Waals surface area (Å²) in [5.74, 6) is 0.878. The van der Waals surface area contributed by atoms with E-state index in [1.54, 1.807) is 0 Å². The minimum absolute atomic E-state index is 0.0620. The first-order valence-electron chi connectivity index (χ1n) is 9.67. The molecule has 0 atom stereocenters. The molecule has 0 spiro atoms. The Morgan fingerprint density at radius 1 is 0.889 bits per heavy atom. The molecule has 2 aromatic carbocycles. The summed E-state index contributed by atoms with van der Waals surface area (Å²) in [6.45, 7) is 8.15. The monoisotopic (exact) mass is 369 g/mol. The number of hydrogen-bond acceptors (Lipinski definition) is 4. The summed E-state index contributed by atoms with van der Waals surface area (Å²) < 4.78 is 5.88. The number of rotatable bonds is 11. The van der Waals surface area contributed by atoms with Crippen molar-refractivity contribution in [1.82, 2.24) is 4.90 Å². The number of aliphatic hydroxyl groups excluding tert-OH is 2. The topological polar surface area (TPSA) is 52.9 Å². The van der Waals surface area contributed by atoms with E-state index in [0.717, 1.165) is 54.1 Å². The fraction of sp³-hybridized carbons (Fsp3) is 0.391. The van der Waals surface area contributed by atoms with Crippen LogP contribution < -0.4 is 4.74 Å². The fourth-order valence-electron chi connectivity index (χ4n) is 2.97. The van der Waals surface area contributed by atoms with Crippen LogP contribution in [0.15, 0.2) is 42.5 Å². The van der Waals surface area contributed by atoms with Gasteiger partial charge in [0.2, 0.25) is 0 Å². The van der Waals surface area contributed by atoms with Gasteiger partial charge in [-0.15, -0.1) is 0 Å². The molecular formula is C23H31NO3. The molecule has 27 heavy (non-hydrogen) atoms. The lowest BCUT2D eigenvalue weighted by Gasteiger charge is -2.17. The van der Waals surface area contributed by atoms with Gasteiger partial charge >= 0.3 is 0 Å². The lowest BCUT2D eigenvalue weighted by atomic mass is 10.0. The van der Waals surface area contributed by atoms with Crippen LogP contribution in [0.25, 0.3) is 12.2 Å². The zero-order valence-electron chi connectivity index (χ0n) is 16.4. The van der Waals surface area contributed by atoms with Gasteiger partial charge in [0.1, 0.15) is 5.75 Å². The van der Waals surface area contributed by atoms with E-state index in [1.165, 1.54) is 0 Å². The highest BCUT2D eigenvalue weighted by Crippen LogP contribution is 2.18. The van der Waals surface area contributed by atoms with Gasteiger partial charge in [0, 0.05) is 6.54 Å². The van der Waals surface area contributed by atoms with Crippen LogP contribution in [0.5, 0.6) is 5.75 Å². The summed E-state index contributed by atoms with van der Waals surface area (Å²) in [5, 5.41) is 18.7. The second-order valence-electron chi connectivity index (χ2n) is 6.48. The van der Waals surface area contributed by atoms with E-state index in [-0.39, 0.29) is 13.2 Å². The molecule has 0 fully saturated rings. The van der Waals surface area contributed by atoms with Crippen LogP contribution in [-0.2, 0) is 13.2 Å². The second kappa shape index (κ2) is 11.5. The predicted molar refractivity (Wildman–Crippen MR) is 112 cm³/mol. The third kappa shape index (κ3) is 6.83. The highest BCUT2D eigenvalue weighted by molar-refractivity contribution is 5.70. The summed E-state index contributed by atoms with van der Waals surface area (Å²) in [6.07, 6.45) is 5.04. The lowest BCUT2D eigenvalue weighted by Crippen LogP contribution is -2.25. The standard InChI is InChI=1S/C23H31NO3/c1-3-24(4-2)13-6-14-27-23-8-5-7-19(16-23)9-10-20-11-12-21(17-25)22(15-20)18-26/h5,7-12,15-16,25-26H,3-4,6,13-14,17-18H2,1-2H3/b10-9+. The lowest BCUT2D eigenvalue weighted by molar-refractivity contribution is 0.249. The Kier molecular flexibility index (Phi) is 9.05. The molecule has 0 radical (unpaired) electrons. The largest absolute Gasteiger partial charge is 0.494 e. The number of aliphatic hydroxyl groups is 2. The van der Waals surface area contributed by atoms with Gasteiger partial charge in [-0.25, -0.2) is 0 Å². The van der Waals surface area contributed by atoms with Crippen molar-refractivity contribution < 1.29 is 14.9 Å². The summed E-state index contributed by atoms with van der Waals surface area (Å²) in [6, 6.07) is 13.7. The van der Waals surface area contributed by atoms with Gasteiger partial charge in [0.15, 0.2) is 0 Å². The summed E-state index contributed by atoms with van der Waals surface area (Å²) in [7, 11) is 0. The van der Waals surface area contributed by atoms with Crippen LogP contribution in [0, 0.1) is 0 Å².